The second-order valence-corrected chi connectivity index (χ2v) is 8.01. The van der Waals surface area contributed by atoms with Gasteiger partial charge in [0.05, 0.1) is 24.1 Å². The summed E-state index contributed by atoms with van der Waals surface area (Å²) < 4.78 is 5.46. The summed E-state index contributed by atoms with van der Waals surface area (Å²) >= 11 is 1.71. The molecule has 1 aromatic carbocycles. The van der Waals surface area contributed by atoms with Crippen LogP contribution in [0.15, 0.2) is 52.6 Å². The topological polar surface area (TPSA) is 48.9 Å². The average Bonchev–Trinajstić information content (AvgIpc) is 3.37. The number of benzene rings is 1. The molecule has 144 valence electrons. The van der Waals surface area contributed by atoms with Gasteiger partial charge in [0.2, 0.25) is 0 Å². The number of Topliss-reactive ketones (excluding diaryl/α,β-unsaturated/α-hetero) is 1. The molecule has 3 heterocycles. The lowest BCUT2D eigenvalue weighted by Crippen LogP contribution is -2.26. The first-order chi connectivity index (χ1) is 13.5. The predicted molar refractivity (Wildman–Crippen MR) is 114 cm³/mol. The third kappa shape index (κ3) is 3.03. The Kier molecular flexibility index (Phi) is 4.81. The van der Waals surface area contributed by atoms with Crippen LogP contribution in [0.1, 0.15) is 33.5 Å². The lowest BCUT2D eigenvalue weighted by molar-refractivity contribution is 0.0971. The van der Waals surface area contributed by atoms with E-state index in [9.17, 15) is 9.59 Å². The van der Waals surface area contributed by atoms with Crippen molar-refractivity contribution in [2.45, 2.75) is 40.4 Å². The largest absolute Gasteiger partial charge is 0.343 e. The van der Waals surface area contributed by atoms with E-state index in [2.05, 4.69) is 16.0 Å². The highest BCUT2D eigenvalue weighted by molar-refractivity contribution is 7.09. The number of nitrogens with zero attached hydrogens (tertiary/aromatic N) is 3. The first-order valence-electron chi connectivity index (χ1n) is 9.41. The lowest BCUT2D eigenvalue weighted by atomic mass is 10.1. The number of hydrogen-bond donors (Lipinski definition) is 0. The first-order valence-corrected chi connectivity index (χ1v) is 10.3. The zero-order valence-electron chi connectivity index (χ0n) is 16.3. The average molecular weight is 394 g/mol. The molecule has 4 aromatic rings. The maximum Gasteiger partial charge on any atom is 0.329 e. The van der Waals surface area contributed by atoms with Crippen molar-refractivity contribution < 1.29 is 4.79 Å². The molecule has 4 rings (SSSR count). The molecule has 6 heteroatoms. The lowest BCUT2D eigenvalue weighted by Gasteiger charge is -2.08. The Balaban J connectivity index is 1.70. The number of thiophene rings is 1. The summed E-state index contributed by atoms with van der Waals surface area (Å²) in [5.74, 6) is -0.0355. The van der Waals surface area contributed by atoms with Crippen LogP contribution >= 0.6 is 11.3 Å². The molecule has 0 unspecified atom stereocenters. The fourth-order valence-electron chi connectivity index (χ4n) is 3.84. The van der Waals surface area contributed by atoms with E-state index >= 15 is 0 Å². The van der Waals surface area contributed by atoms with Gasteiger partial charge >= 0.3 is 5.69 Å². The van der Waals surface area contributed by atoms with Gasteiger partial charge in [-0.25, -0.2) is 4.79 Å². The van der Waals surface area contributed by atoms with Crippen LogP contribution in [0.3, 0.4) is 0 Å². The Morgan fingerprint density at radius 3 is 2.36 bits per heavy atom. The third-order valence-electron chi connectivity index (χ3n) is 5.31. The zero-order chi connectivity index (χ0) is 19.8. The number of para-hydroxylation sites is 2. The summed E-state index contributed by atoms with van der Waals surface area (Å²) in [4.78, 5) is 27.2. The van der Waals surface area contributed by atoms with Crippen molar-refractivity contribution in [1.29, 1.82) is 0 Å². The van der Waals surface area contributed by atoms with Crippen molar-refractivity contribution in [3.05, 3.63) is 80.2 Å². The minimum Gasteiger partial charge on any atom is -0.343 e. The second kappa shape index (κ2) is 7.28. The Labute approximate surface area is 167 Å². The van der Waals surface area contributed by atoms with Gasteiger partial charge in [-0.15, -0.1) is 11.3 Å². The summed E-state index contributed by atoms with van der Waals surface area (Å²) in [5.41, 5.74) is 4.22. The minimum absolute atomic E-state index is 0.0355. The number of carbonyl (C=O) groups is 1. The molecule has 0 radical (unpaired) electrons. The first kappa shape index (κ1) is 18.5. The maximum absolute atomic E-state index is 13.1. The van der Waals surface area contributed by atoms with E-state index in [-0.39, 0.29) is 18.0 Å². The van der Waals surface area contributed by atoms with Gasteiger partial charge in [0.1, 0.15) is 0 Å². The fraction of sp³-hybridized carbons (Fsp3) is 0.273. The summed E-state index contributed by atoms with van der Waals surface area (Å²) in [6.07, 6.45) is 0. The Morgan fingerprint density at radius 1 is 1.00 bits per heavy atom. The quantitative estimate of drug-likeness (QED) is 0.460. The van der Waals surface area contributed by atoms with Gasteiger partial charge in [0.15, 0.2) is 5.78 Å². The van der Waals surface area contributed by atoms with Gasteiger partial charge < -0.3 is 4.57 Å². The summed E-state index contributed by atoms with van der Waals surface area (Å²) in [6.45, 7) is 7.33. The molecule has 0 spiro atoms. The number of carbonyl (C=O) groups excluding carboxylic acids is 1. The van der Waals surface area contributed by atoms with Gasteiger partial charge in [0.25, 0.3) is 0 Å². The van der Waals surface area contributed by atoms with Crippen molar-refractivity contribution in [1.82, 2.24) is 13.7 Å². The molecular formula is C22H23N3O2S. The Hall–Kier alpha value is -2.86. The number of fused-ring (bicyclic) bond motifs is 1. The fourth-order valence-corrected chi connectivity index (χ4v) is 4.54. The van der Waals surface area contributed by atoms with Crippen LogP contribution in [-0.4, -0.2) is 19.5 Å². The molecule has 0 aliphatic rings. The van der Waals surface area contributed by atoms with E-state index in [1.807, 2.05) is 57.2 Å². The molecule has 0 saturated carbocycles. The van der Waals surface area contributed by atoms with Crippen LogP contribution in [-0.2, 0) is 19.6 Å². The van der Waals surface area contributed by atoms with E-state index in [0.29, 0.717) is 12.1 Å². The van der Waals surface area contributed by atoms with Gasteiger partial charge in [-0.1, -0.05) is 18.2 Å². The normalized spacial score (nSPS) is 11.4. The second-order valence-electron chi connectivity index (χ2n) is 6.98. The van der Waals surface area contributed by atoms with Crippen molar-refractivity contribution >= 4 is 28.2 Å². The van der Waals surface area contributed by atoms with E-state index < -0.39 is 0 Å². The van der Waals surface area contributed by atoms with Crippen LogP contribution in [0.25, 0.3) is 11.0 Å². The SMILES string of the molecule is CCn1c(=O)n(CC(=O)c2cc(C)n(Cc3cccs3)c2C)c2ccccc21. The molecule has 0 aliphatic heterocycles. The standard InChI is InChI=1S/C22H23N3O2S/c1-4-23-19-9-5-6-10-20(19)25(22(23)27)14-21(26)18-12-15(2)24(16(18)3)13-17-8-7-11-28-17/h5-12H,4,13-14H2,1-3H3. The molecule has 0 bridgehead atoms. The third-order valence-corrected chi connectivity index (χ3v) is 6.17. The minimum atomic E-state index is -0.135. The molecular weight excluding hydrogens is 370 g/mol. The highest BCUT2D eigenvalue weighted by Gasteiger charge is 2.19. The van der Waals surface area contributed by atoms with Gasteiger partial charge in [-0.2, -0.15) is 0 Å². The number of hydrogen-bond acceptors (Lipinski definition) is 3. The van der Waals surface area contributed by atoms with Gasteiger partial charge in [-0.3, -0.25) is 13.9 Å². The molecule has 0 saturated heterocycles. The van der Waals surface area contributed by atoms with Crippen LogP contribution in [0, 0.1) is 13.8 Å². The molecule has 3 aromatic heterocycles. The molecule has 0 fully saturated rings. The van der Waals surface area contributed by atoms with Crippen molar-refractivity contribution in [3.63, 3.8) is 0 Å². The van der Waals surface area contributed by atoms with Crippen LogP contribution in [0.5, 0.6) is 0 Å². The predicted octanol–water partition coefficient (Wildman–Crippen LogP) is 4.23. The number of rotatable bonds is 6. The molecule has 5 nitrogen and oxygen atoms in total. The molecule has 0 N–H and O–H groups in total. The van der Waals surface area contributed by atoms with Crippen molar-refractivity contribution in [2.24, 2.45) is 0 Å². The molecule has 0 amide bonds. The number of ketones is 1. The smallest absolute Gasteiger partial charge is 0.329 e. The maximum atomic E-state index is 13.1. The van der Waals surface area contributed by atoms with Crippen LogP contribution < -0.4 is 5.69 Å². The number of imidazole rings is 1. The van der Waals surface area contributed by atoms with Gasteiger partial charge in [-0.05, 0) is 50.4 Å². The van der Waals surface area contributed by atoms with Crippen molar-refractivity contribution in [3.8, 4) is 0 Å². The Morgan fingerprint density at radius 2 is 1.71 bits per heavy atom. The van der Waals surface area contributed by atoms with Crippen LogP contribution in [0.2, 0.25) is 0 Å². The van der Waals surface area contributed by atoms with E-state index in [0.717, 1.165) is 29.0 Å². The molecule has 28 heavy (non-hydrogen) atoms. The van der Waals surface area contributed by atoms with Gasteiger partial charge in [0, 0.05) is 28.4 Å². The highest BCUT2D eigenvalue weighted by atomic mass is 32.1. The summed E-state index contributed by atoms with van der Waals surface area (Å²) in [6, 6.07) is 13.7. The van der Waals surface area contributed by atoms with Crippen molar-refractivity contribution in [2.75, 3.05) is 0 Å². The highest BCUT2D eigenvalue weighted by Crippen LogP contribution is 2.21. The number of aryl methyl sites for hydroxylation is 2. The summed E-state index contributed by atoms with van der Waals surface area (Å²) in [7, 11) is 0. The van der Waals surface area contributed by atoms with E-state index in [1.165, 1.54) is 4.88 Å². The summed E-state index contributed by atoms with van der Waals surface area (Å²) in [5, 5.41) is 2.06. The molecule has 0 aliphatic carbocycles. The monoisotopic (exact) mass is 393 g/mol. The van der Waals surface area contributed by atoms with E-state index in [4.69, 9.17) is 0 Å². The Bertz CT molecular complexity index is 1210. The van der Waals surface area contributed by atoms with E-state index in [1.54, 1.807) is 20.5 Å². The molecule has 0 atom stereocenters. The zero-order valence-corrected chi connectivity index (χ0v) is 17.1. The number of aromatic nitrogens is 3. The van der Waals surface area contributed by atoms with Crippen LogP contribution in [0.4, 0.5) is 0 Å².